The van der Waals surface area contributed by atoms with Crippen LogP contribution in [0.5, 0.6) is 0 Å². The first kappa shape index (κ1) is 14.0. The minimum absolute atomic E-state index is 0.109. The molecule has 0 aromatic rings. The lowest BCUT2D eigenvalue weighted by Crippen LogP contribution is -2.22. The Morgan fingerprint density at radius 1 is 1.53 bits per heavy atom. The molecule has 1 saturated heterocycles. The quantitative estimate of drug-likeness (QED) is 0.622. The molecule has 0 bridgehead atoms. The van der Waals surface area contributed by atoms with E-state index in [0.717, 1.165) is 16.3 Å². The Morgan fingerprint density at radius 3 is 2.79 bits per heavy atom. The summed E-state index contributed by atoms with van der Waals surface area (Å²) in [5.41, 5.74) is 7.54. The highest BCUT2D eigenvalue weighted by molar-refractivity contribution is 8.03. The van der Waals surface area contributed by atoms with Crippen molar-refractivity contribution in [2.75, 3.05) is 18.9 Å². The fourth-order valence-corrected chi connectivity index (χ4v) is 3.78. The van der Waals surface area contributed by atoms with Gasteiger partial charge in [0, 0.05) is 29.5 Å². The minimum atomic E-state index is -0.408. The summed E-state index contributed by atoms with van der Waals surface area (Å²) in [6.45, 7) is 6.60. The zero-order chi connectivity index (χ0) is 14.2. The number of ether oxygens (including phenoxy) is 1. The number of thioether (sulfide) groups is 1. The van der Waals surface area contributed by atoms with Gasteiger partial charge < -0.3 is 15.4 Å². The summed E-state index contributed by atoms with van der Waals surface area (Å²) < 4.78 is 5.10. The van der Waals surface area contributed by atoms with Crippen LogP contribution in [0.1, 0.15) is 20.8 Å². The number of nitrogens with zero attached hydrogens (tertiary/aromatic N) is 1. The maximum absolute atomic E-state index is 12.0. The Hall–Kier alpha value is -1.43. The SMILES string of the molecule is CCOC(=O)C1=C2SCC(=C(C)C(N)=O)N2CC1C. The van der Waals surface area contributed by atoms with Crippen LogP contribution in [0.25, 0.3) is 0 Å². The molecule has 5 nitrogen and oxygen atoms in total. The molecule has 2 N–H and O–H groups in total. The van der Waals surface area contributed by atoms with Crippen LogP contribution in [0.4, 0.5) is 0 Å². The van der Waals surface area contributed by atoms with Crippen molar-refractivity contribution in [3.8, 4) is 0 Å². The Bertz CT molecular complexity index is 496. The maximum Gasteiger partial charge on any atom is 0.337 e. The molecule has 2 aliphatic heterocycles. The van der Waals surface area contributed by atoms with Crippen LogP contribution in [0.3, 0.4) is 0 Å². The number of carbonyl (C=O) groups is 2. The van der Waals surface area contributed by atoms with E-state index in [2.05, 4.69) is 0 Å². The Kier molecular flexibility index (Phi) is 3.89. The van der Waals surface area contributed by atoms with Crippen LogP contribution < -0.4 is 5.73 Å². The van der Waals surface area contributed by atoms with E-state index in [-0.39, 0.29) is 11.9 Å². The van der Waals surface area contributed by atoms with Crippen molar-refractivity contribution in [3.05, 3.63) is 21.9 Å². The molecule has 2 rings (SSSR count). The van der Waals surface area contributed by atoms with E-state index in [0.29, 0.717) is 24.5 Å². The molecule has 104 valence electrons. The summed E-state index contributed by atoms with van der Waals surface area (Å²) in [6.07, 6.45) is 0. The molecule has 2 aliphatic rings. The fourth-order valence-electron chi connectivity index (χ4n) is 2.36. The van der Waals surface area contributed by atoms with Crippen LogP contribution in [-0.2, 0) is 14.3 Å². The van der Waals surface area contributed by atoms with Crippen LogP contribution in [0.2, 0.25) is 0 Å². The van der Waals surface area contributed by atoms with Gasteiger partial charge in [0.05, 0.1) is 17.2 Å². The van der Waals surface area contributed by atoms with Crippen LogP contribution in [0, 0.1) is 5.92 Å². The fraction of sp³-hybridized carbons (Fsp3) is 0.538. The third-order valence-electron chi connectivity index (χ3n) is 3.39. The normalized spacial score (nSPS) is 24.6. The highest BCUT2D eigenvalue weighted by atomic mass is 32.2. The van der Waals surface area contributed by atoms with Crippen molar-refractivity contribution in [1.29, 1.82) is 0 Å². The molecule has 0 saturated carbocycles. The molecule has 0 aromatic heterocycles. The summed E-state index contributed by atoms with van der Waals surface area (Å²) in [5.74, 6) is 0.129. The lowest BCUT2D eigenvalue weighted by molar-refractivity contribution is -0.139. The predicted octanol–water partition coefficient (Wildman–Crippen LogP) is 1.22. The van der Waals surface area contributed by atoms with Gasteiger partial charge in [-0.3, -0.25) is 4.79 Å². The van der Waals surface area contributed by atoms with Crippen molar-refractivity contribution in [2.45, 2.75) is 20.8 Å². The molecule has 6 heteroatoms. The number of fused-ring (bicyclic) bond motifs is 1. The monoisotopic (exact) mass is 282 g/mol. The van der Waals surface area contributed by atoms with Crippen molar-refractivity contribution in [3.63, 3.8) is 0 Å². The number of hydrogen-bond acceptors (Lipinski definition) is 5. The third-order valence-corrected chi connectivity index (χ3v) is 4.53. The summed E-state index contributed by atoms with van der Waals surface area (Å²) in [5, 5.41) is 0.918. The maximum atomic E-state index is 12.0. The van der Waals surface area contributed by atoms with Gasteiger partial charge in [-0.05, 0) is 13.8 Å². The molecule has 0 radical (unpaired) electrons. The van der Waals surface area contributed by atoms with Crippen LogP contribution in [-0.4, -0.2) is 35.7 Å². The van der Waals surface area contributed by atoms with E-state index in [1.807, 2.05) is 11.8 Å². The minimum Gasteiger partial charge on any atom is -0.463 e. The van der Waals surface area contributed by atoms with E-state index >= 15 is 0 Å². The number of amides is 1. The van der Waals surface area contributed by atoms with Crippen molar-refractivity contribution >= 4 is 23.6 Å². The molecular weight excluding hydrogens is 264 g/mol. The van der Waals surface area contributed by atoms with Gasteiger partial charge in [0.2, 0.25) is 5.91 Å². The van der Waals surface area contributed by atoms with Gasteiger partial charge in [-0.2, -0.15) is 0 Å². The number of primary amides is 1. The van der Waals surface area contributed by atoms with Gasteiger partial charge in [0.25, 0.3) is 0 Å². The first-order valence-corrected chi connectivity index (χ1v) is 7.27. The number of hydrogen-bond donors (Lipinski definition) is 1. The summed E-state index contributed by atoms with van der Waals surface area (Å²) >= 11 is 1.57. The average Bonchev–Trinajstić information content (AvgIpc) is 2.85. The zero-order valence-electron chi connectivity index (χ0n) is 11.4. The first-order chi connectivity index (χ1) is 8.97. The highest BCUT2D eigenvalue weighted by Gasteiger charge is 2.40. The molecule has 0 spiro atoms. The Labute approximate surface area is 116 Å². The Balaban J connectivity index is 2.36. The second-order valence-corrected chi connectivity index (χ2v) is 5.64. The summed E-state index contributed by atoms with van der Waals surface area (Å²) in [4.78, 5) is 25.3. The predicted molar refractivity (Wildman–Crippen MR) is 73.9 cm³/mol. The van der Waals surface area contributed by atoms with Gasteiger partial charge in [-0.15, -0.1) is 11.8 Å². The first-order valence-electron chi connectivity index (χ1n) is 6.28. The van der Waals surface area contributed by atoms with Crippen molar-refractivity contribution in [1.82, 2.24) is 4.90 Å². The molecule has 1 amide bonds. The van der Waals surface area contributed by atoms with Crippen molar-refractivity contribution < 1.29 is 14.3 Å². The molecule has 1 atom stereocenters. The lowest BCUT2D eigenvalue weighted by atomic mass is 10.1. The number of esters is 1. The van der Waals surface area contributed by atoms with E-state index in [9.17, 15) is 9.59 Å². The molecule has 0 aliphatic carbocycles. The van der Waals surface area contributed by atoms with Gasteiger partial charge in [0.1, 0.15) is 0 Å². The van der Waals surface area contributed by atoms with Gasteiger partial charge in [-0.1, -0.05) is 6.92 Å². The summed E-state index contributed by atoms with van der Waals surface area (Å²) in [7, 11) is 0. The molecule has 2 heterocycles. The van der Waals surface area contributed by atoms with Crippen molar-refractivity contribution in [2.24, 2.45) is 11.7 Å². The molecular formula is C13H18N2O3S. The van der Waals surface area contributed by atoms with E-state index in [1.54, 1.807) is 25.6 Å². The topological polar surface area (TPSA) is 72.6 Å². The second kappa shape index (κ2) is 5.28. The third kappa shape index (κ3) is 2.36. The largest absolute Gasteiger partial charge is 0.463 e. The van der Waals surface area contributed by atoms with E-state index < -0.39 is 5.91 Å². The number of nitrogens with two attached hydrogens (primary N) is 1. The van der Waals surface area contributed by atoms with E-state index in [1.165, 1.54) is 0 Å². The second-order valence-electron chi connectivity index (χ2n) is 4.68. The smallest absolute Gasteiger partial charge is 0.337 e. The average molecular weight is 282 g/mol. The zero-order valence-corrected chi connectivity index (χ0v) is 12.2. The standard InChI is InChI=1S/C13H18N2O3S/c1-4-18-13(17)10-7(2)5-15-9(6-19-12(10)15)8(3)11(14)16/h7H,4-6H2,1-3H3,(H2,14,16). The van der Waals surface area contributed by atoms with E-state index in [4.69, 9.17) is 10.5 Å². The van der Waals surface area contributed by atoms with Gasteiger partial charge >= 0.3 is 5.97 Å². The molecule has 0 aromatic carbocycles. The molecule has 1 fully saturated rings. The van der Waals surface area contributed by atoms with Crippen LogP contribution in [0.15, 0.2) is 21.9 Å². The number of rotatable bonds is 3. The van der Waals surface area contributed by atoms with Crippen LogP contribution >= 0.6 is 11.8 Å². The van der Waals surface area contributed by atoms with Gasteiger partial charge in [-0.25, -0.2) is 4.79 Å². The Morgan fingerprint density at radius 2 is 2.21 bits per heavy atom. The summed E-state index contributed by atoms with van der Waals surface area (Å²) in [6, 6.07) is 0. The molecule has 19 heavy (non-hydrogen) atoms. The molecule has 1 unspecified atom stereocenters. The number of carbonyl (C=O) groups excluding carboxylic acids is 2. The lowest BCUT2D eigenvalue weighted by Gasteiger charge is -2.17. The van der Waals surface area contributed by atoms with Gasteiger partial charge in [0.15, 0.2) is 0 Å². The highest BCUT2D eigenvalue weighted by Crippen LogP contribution is 2.45.